The molecule has 2 aromatic rings. The van der Waals surface area contributed by atoms with Crippen molar-refractivity contribution >= 4 is 28.4 Å². The molecule has 1 aliphatic carbocycles. The number of rotatable bonds is 3. The average Bonchev–Trinajstić information content (AvgIpc) is 3.05. The summed E-state index contributed by atoms with van der Waals surface area (Å²) < 4.78 is 10.9. The van der Waals surface area contributed by atoms with E-state index in [1.807, 2.05) is 0 Å². The third-order valence-corrected chi connectivity index (χ3v) is 3.95. The van der Waals surface area contributed by atoms with Crippen molar-refractivity contribution in [2.45, 2.75) is 25.7 Å². The molecule has 3 nitrogen and oxygen atoms in total. The lowest BCUT2D eigenvalue weighted by Gasteiger charge is -2.04. The summed E-state index contributed by atoms with van der Waals surface area (Å²) in [5, 5.41) is 1.38. The van der Waals surface area contributed by atoms with Gasteiger partial charge in [0.15, 0.2) is 17.1 Å². The first-order valence-corrected chi connectivity index (χ1v) is 6.88. The van der Waals surface area contributed by atoms with Gasteiger partial charge in [-0.05, 0) is 25.0 Å². The maximum Gasteiger partial charge on any atom is 0.201 e. The van der Waals surface area contributed by atoms with Gasteiger partial charge in [0, 0.05) is 22.4 Å². The molecule has 1 heterocycles. The topological polar surface area (TPSA) is 39.4 Å². The molecular formula is C15H15ClO3. The fourth-order valence-electron chi connectivity index (χ4n) is 2.75. The number of benzene rings is 1. The van der Waals surface area contributed by atoms with Crippen LogP contribution in [0.4, 0.5) is 0 Å². The summed E-state index contributed by atoms with van der Waals surface area (Å²) in [6.07, 6.45) is 4.19. The number of halogens is 1. The number of ketones is 1. The maximum atomic E-state index is 12.3. The molecule has 19 heavy (non-hydrogen) atoms. The van der Waals surface area contributed by atoms with Crippen molar-refractivity contribution in [2.24, 2.45) is 5.92 Å². The quantitative estimate of drug-likeness (QED) is 0.778. The van der Waals surface area contributed by atoms with Gasteiger partial charge in [-0.2, -0.15) is 0 Å². The lowest BCUT2D eigenvalue weighted by atomic mass is 10.0. The molecule has 100 valence electrons. The van der Waals surface area contributed by atoms with Crippen molar-refractivity contribution in [2.75, 3.05) is 7.11 Å². The molecule has 1 aliphatic rings. The number of Topliss-reactive ketones (excluding diaryl/α,β-unsaturated/α-hetero) is 1. The van der Waals surface area contributed by atoms with Crippen LogP contribution in [0.1, 0.15) is 36.2 Å². The molecular weight excluding hydrogens is 264 g/mol. The Bertz CT molecular complexity index is 624. The zero-order chi connectivity index (χ0) is 13.4. The molecule has 1 saturated carbocycles. The Morgan fingerprint density at radius 2 is 2.05 bits per heavy atom. The van der Waals surface area contributed by atoms with Crippen molar-refractivity contribution in [3.63, 3.8) is 0 Å². The number of methoxy groups -OCH3 is 1. The van der Waals surface area contributed by atoms with E-state index >= 15 is 0 Å². The smallest absolute Gasteiger partial charge is 0.201 e. The zero-order valence-corrected chi connectivity index (χ0v) is 11.5. The fraction of sp³-hybridized carbons (Fsp3) is 0.400. The van der Waals surface area contributed by atoms with E-state index in [1.165, 1.54) is 0 Å². The van der Waals surface area contributed by atoms with Crippen molar-refractivity contribution < 1.29 is 13.9 Å². The minimum Gasteiger partial charge on any atom is -0.493 e. The first-order chi connectivity index (χ1) is 9.19. The van der Waals surface area contributed by atoms with Gasteiger partial charge in [-0.3, -0.25) is 4.79 Å². The van der Waals surface area contributed by atoms with E-state index < -0.39 is 0 Å². The molecule has 1 aromatic carbocycles. The Kier molecular flexibility index (Phi) is 3.23. The van der Waals surface area contributed by atoms with Crippen molar-refractivity contribution in [3.8, 4) is 5.75 Å². The molecule has 1 aromatic heterocycles. The third-order valence-electron chi connectivity index (χ3n) is 3.74. The molecule has 4 heteroatoms. The fourth-order valence-corrected chi connectivity index (χ4v) is 2.96. The average molecular weight is 279 g/mol. The summed E-state index contributed by atoms with van der Waals surface area (Å²) in [6.45, 7) is 0. The molecule has 0 N–H and O–H groups in total. The predicted molar refractivity (Wildman–Crippen MR) is 74.1 cm³/mol. The highest BCUT2D eigenvalue weighted by atomic mass is 35.5. The van der Waals surface area contributed by atoms with Gasteiger partial charge < -0.3 is 9.15 Å². The van der Waals surface area contributed by atoms with E-state index in [0.717, 1.165) is 31.1 Å². The Labute approximate surface area is 116 Å². The van der Waals surface area contributed by atoms with E-state index in [9.17, 15) is 4.79 Å². The lowest BCUT2D eigenvalue weighted by Crippen LogP contribution is -2.09. The summed E-state index contributed by atoms with van der Waals surface area (Å²) in [7, 11) is 1.56. The molecule has 0 atom stereocenters. The second-order valence-corrected chi connectivity index (χ2v) is 5.42. The maximum absolute atomic E-state index is 12.3. The summed E-state index contributed by atoms with van der Waals surface area (Å²) in [5.41, 5.74) is 0.591. The largest absolute Gasteiger partial charge is 0.493 e. The highest BCUT2D eigenvalue weighted by molar-refractivity contribution is 6.31. The first-order valence-electron chi connectivity index (χ1n) is 6.50. The van der Waals surface area contributed by atoms with Gasteiger partial charge in [0.2, 0.25) is 5.78 Å². The monoisotopic (exact) mass is 278 g/mol. The molecule has 0 radical (unpaired) electrons. The van der Waals surface area contributed by atoms with Crippen LogP contribution in [0.3, 0.4) is 0 Å². The van der Waals surface area contributed by atoms with Gasteiger partial charge >= 0.3 is 0 Å². The van der Waals surface area contributed by atoms with Crippen LogP contribution in [-0.4, -0.2) is 12.9 Å². The number of furan rings is 1. The van der Waals surface area contributed by atoms with Gasteiger partial charge in [-0.1, -0.05) is 24.4 Å². The van der Waals surface area contributed by atoms with E-state index in [0.29, 0.717) is 22.1 Å². The van der Waals surface area contributed by atoms with Crippen LogP contribution in [0.2, 0.25) is 5.02 Å². The van der Waals surface area contributed by atoms with Crippen LogP contribution in [0, 0.1) is 5.92 Å². The standard InChI is InChI=1S/C15H15ClO3/c1-18-13-8-11(16)6-10-7-12(19-15(10)13)14(17)9-4-2-3-5-9/h6-9H,2-5H2,1H3. The molecule has 0 spiro atoms. The summed E-state index contributed by atoms with van der Waals surface area (Å²) in [5.74, 6) is 1.20. The Morgan fingerprint density at radius 3 is 2.74 bits per heavy atom. The Morgan fingerprint density at radius 1 is 1.32 bits per heavy atom. The predicted octanol–water partition coefficient (Wildman–Crippen LogP) is 4.47. The van der Waals surface area contributed by atoms with Crippen LogP contribution in [0.5, 0.6) is 5.75 Å². The molecule has 0 aliphatic heterocycles. The Hall–Kier alpha value is -1.48. The summed E-state index contributed by atoms with van der Waals surface area (Å²) >= 11 is 6.01. The van der Waals surface area contributed by atoms with Crippen molar-refractivity contribution in [1.29, 1.82) is 0 Å². The second kappa shape index (κ2) is 4.89. The lowest BCUT2D eigenvalue weighted by molar-refractivity contribution is 0.0896. The number of hydrogen-bond acceptors (Lipinski definition) is 3. The highest BCUT2D eigenvalue weighted by Gasteiger charge is 2.26. The van der Waals surface area contributed by atoms with Gasteiger partial charge in [-0.15, -0.1) is 0 Å². The molecule has 0 unspecified atom stereocenters. The van der Waals surface area contributed by atoms with Crippen molar-refractivity contribution in [3.05, 3.63) is 29.0 Å². The second-order valence-electron chi connectivity index (χ2n) is 4.98. The minimum absolute atomic E-state index is 0.104. The highest BCUT2D eigenvalue weighted by Crippen LogP contribution is 2.35. The number of fused-ring (bicyclic) bond motifs is 1. The molecule has 3 rings (SSSR count). The minimum atomic E-state index is 0.104. The third kappa shape index (κ3) is 2.23. The molecule has 0 bridgehead atoms. The summed E-state index contributed by atoms with van der Waals surface area (Å²) in [4.78, 5) is 12.3. The van der Waals surface area contributed by atoms with E-state index in [1.54, 1.807) is 25.3 Å². The van der Waals surface area contributed by atoms with Gasteiger partial charge in [0.1, 0.15) is 0 Å². The van der Waals surface area contributed by atoms with Crippen LogP contribution in [-0.2, 0) is 0 Å². The van der Waals surface area contributed by atoms with Crippen LogP contribution < -0.4 is 4.74 Å². The SMILES string of the molecule is COc1cc(Cl)cc2cc(C(=O)C3CCCC3)oc12. The van der Waals surface area contributed by atoms with Crippen LogP contribution in [0.15, 0.2) is 22.6 Å². The van der Waals surface area contributed by atoms with Gasteiger partial charge in [-0.25, -0.2) is 0 Å². The molecule has 1 fully saturated rings. The zero-order valence-electron chi connectivity index (χ0n) is 10.7. The van der Waals surface area contributed by atoms with E-state index in [-0.39, 0.29) is 11.7 Å². The number of carbonyl (C=O) groups excluding carboxylic acids is 1. The normalized spacial score (nSPS) is 16.1. The van der Waals surface area contributed by atoms with E-state index in [4.69, 9.17) is 20.8 Å². The van der Waals surface area contributed by atoms with Crippen molar-refractivity contribution in [1.82, 2.24) is 0 Å². The molecule has 0 amide bonds. The number of ether oxygens (including phenoxy) is 1. The first kappa shape index (κ1) is 12.5. The summed E-state index contributed by atoms with van der Waals surface area (Å²) in [6, 6.07) is 5.25. The van der Waals surface area contributed by atoms with Gasteiger partial charge in [0.05, 0.1) is 7.11 Å². The number of carbonyl (C=O) groups is 1. The van der Waals surface area contributed by atoms with E-state index in [2.05, 4.69) is 0 Å². The van der Waals surface area contributed by atoms with Gasteiger partial charge in [0.25, 0.3) is 0 Å². The Balaban J connectivity index is 2.03. The van der Waals surface area contributed by atoms with Crippen LogP contribution >= 0.6 is 11.6 Å². The van der Waals surface area contributed by atoms with Crippen LogP contribution in [0.25, 0.3) is 11.0 Å². The molecule has 0 saturated heterocycles. The number of hydrogen-bond donors (Lipinski definition) is 0.